The lowest BCUT2D eigenvalue weighted by Gasteiger charge is -2.36. The van der Waals surface area contributed by atoms with E-state index in [-0.39, 0.29) is 0 Å². The lowest BCUT2D eigenvalue weighted by Crippen LogP contribution is -2.54. The molecule has 0 aromatic carbocycles. The van der Waals surface area contributed by atoms with E-state index in [4.69, 9.17) is 11.6 Å². The molecule has 0 unspecified atom stereocenters. The van der Waals surface area contributed by atoms with Gasteiger partial charge < -0.3 is 10.2 Å². The summed E-state index contributed by atoms with van der Waals surface area (Å²) in [6, 6.07) is 0.956. The molecule has 5 heteroatoms. The SMILES string of the molecule is C[C@@H]1CN(c2cnc(Cl)cn2)C[C@@H](C)N1. The number of hydrogen-bond acceptors (Lipinski definition) is 4. The average molecular weight is 227 g/mol. The Morgan fingerprint density at radius 3 is 2.47 bits per heavy atom. The minimum absolute atomic E-state index is 0.440. The van der Waals surface area contributed by atoms with Gasteiger partial charge in [-0.05, 0) is 13.8 Å². The van der Waals surface area contributed by atoms with Crippen LogP contribution in [-0.2, 0) is 0 Å². The standard InChI is InChI=1S/C10H15ClN4/c1-7-5-15(6-8(2)14-7)10-4-12-9(11)3-13-10/h3-4,7-8,14H,5-6H2,1-2H3/t7-,8-/m1/s1. The van der Waals surface area contributed by atoms with Gasteiger partial charge in [0.25, 0.3) is 0 Å². The van der Waals surface area contributed by atoms with Crippen molar-refractivity contribution in [2.45, 2.75) is 25.9 Å². The van der Waals surface area contributed by atoms with Crippen LogP contribution in [-0.4, -0.2) is 35.1 Å². The van der Waals surface area contributed by atoms with Crippen LogP contribution in [0.2, 0.25) is 5.15 Å². The van der Waals surface area contributed by atoms with Crippen LogP contribution < -0.4 is 10.2 Å². The first-order valence-electron chi connectivity index (χ1n) is 5.13. The predicted molar refractivity (Wildman–Crippen MR) is 61.3 cm³/mol. The van der Waals surface area contributed by atoms with Crippen LogP contribution in [0.15, 0.2) is 12.4 Å². The smallest absolute Gasteiger partial charge is 0.147 e. The van der Waals surface area contributed by atoms with Crippen molar-refractivity contribution in [3.8, 4) is 0 Å². The first-order chi connectivity index (χ1) is 7.15. The number of rotatable bonds is 1. The van der Waals surface area contributed by atoms with Crippen LogP contribution in [0.4, 0.5) is 5.82 Å². The molecule has 1 aliphatic heterocycles. The van der Waals surface area contributed by atoms with Crippen molar-refractivity contribution in [2.75, 3.05) is 18.0 Å². The van der Waals surface area contributed by atoms with Crippen molar-refractivity contribution in [1.29, 1.82) is 0 Å². The monoisotopic (exact) mass is 226 g/mol. The van der Waals surface area contributed by atoms with E-state index < -0.39 is 0 Å². The van der Waals surface area contributed by atoms with Crippen LogP contribution in [0.3, 0.4) is 0 Å². The fourth-order valence-corrected chi connectivity index (χ4v) is 2.08. The normalized spacial score (nSPS) is 26.7. The summed E-state index contributed by atoms with van der Waals surface area (Å²) in [6.07, 6.45) is 3.32. The molecular formula is C10H15ClN4. The number of halogens is 1. The Bertz CT molecular complexity index is 317. The van der Waals surface area contributed by atoms with Crippen LogP contribution in [0.5, 0.6) is 0 Å². The Balaban J connectivity index is 2.12. The third-order valence-electron chi connectivity index (χ3n) is 2.49. The van der Waals surface area contributed by atoms with E-state index in [1.165, 1.54) is 0 Å². The molecule has 0 spiro atoms. The maximum Gasteiger partial charge on any atom is 0.147 e. The zero-order chi connectivity index (χ0) is 10.8. The molecule has 1 fully saturated rings. The highest BCUT2D eigenvalue weighted by atomic mass is 35.5. The molecule has 0 radical (unpaired) electrons. The molecule has 1 N–H and O–H groups in total. The molecule has 1 aromatic rings. The second kappa shape index (κ2) is 4.33. The van der Waals surface area contributed by atoms with Crippen molar-refractivity contribution in [2.24, 2.45) is 0 Å². The van der Waals surface area contributed by atoms with E-state index in [0.29, 0.717) is 17.2 Å². The molecule has 1 aromatic heterocycles. The van der Waals surface area contributed by atoms with E-state index in [1.807, 2.05) is 0 Å². The molecule has 4 nitrogen and oxygen atoms in total. The van der Waals surface area contributed by atoms with E-state index in [2.05, 4.69) is 34.0 Å². The van der Waals surface area contributed by atoms with Gasteiger partial charge in [0.15, 0.2) is 0 Å². The molecule has 15 heavy (non-hydrogen) atoms. The summed E-state index contributed by atoms with van der Waals surface area (Å²) in [5, 5.41) is 3.91. The minimum Gasteiger partial charge on any atom is -0.352 e. The van der Waals surface area contributed by atoms with Crippen molar-refractivity contribution in [1.82, 2.24) is 15.3 Å². The molecule has 0 aliphatic carbocycles. The van der Waals surface area contributed by atoms with Crippen LogP contribution in [0.1, 0.15) is 13.8 Å². The molecule has 0 bridgehead atoms. The number of nitrogens with one attached hydrogen (secondary N) is 1. The highest BCUT2D eigenvalue weighted by Crippen LogP contribution is 2.14. The van der Waals surface area contributed by atoms with Crippen molar-refractivity contribution in [3.05, 3.63) is 17.5 Å². The van der Waals surface area contributed by atoms with Gasteiger partial charge >= 0.3 is 0 Å². The van der Waals surface area contributed by atoms with Crippen molar-refractivity contribution in [3.63, 3.8) is 0 Å². The molecule has 0 saturated carbocycles. The van der Waals surface area contributed by atoms with Gasteiger partial charge in [-0.15, -0.1) is 0 Å². The number of anilines is 1. The Kier molecular flexibility index (Phi) is 3.07. The van der Waals surface area contributed by atoms with E-state index in [0.717, 1.165) is 18.9 Å². The first-order valence-corrected chi connectivity index (χ1v) is 5.51. The molecule has 2 heterocycles. The number of piperazine rings is 1. The van der Waals surface area contributed by atoms with Gasteiger partial charge in [0.05, 0.1) is 12.4 Å². The lowest BCUT2D eigenvalue weighted by molar-refractivity contribution is 0.405. The van der Waals surface area contributed by atoms with E-state index in [9.17, 15) is 0 Å². The molecule has 2 rings (SSSR count). The molecule has 2 atom stereocenters. The number of nitrogens with zero attached hydrogens (tertiary/aromatic N) is 3. The minimum atomic E-state index is 0.440. The van der Waals surface area contributed by atoms with Gasteiger partial charge in [-0.1, -0.05) is 11.6 Å². The number of aromatic nitrogens is 2. The van der Waals surface area contributed by atoms with Gasteiger partial charge in [0, 0.05) is 25.2 Å². The fraction of sp³-hybridized carbons (Fsp3) is 0.600. The Morgan fingerprint density at radius 2 is 1.93 bits per heavy atom. The third kappa shape index (κ3) is 2.58. The highest BCUT2D eigenvalue weighted by Gasteiger charge is 2.21. The fourth-order valence-electron chi connectivity index (χ4n) is 1.98. The second-order valence-electron chi connectivity index (χ2n) is 4.07. The highest BCUT2D eigenvalue weighted by molar-refractivity contribution is 6.29. The van der Waals surface area contributed by atoms with Gasteiger partial charge in [0.1, 0.15) is 11.0 Å². The maximum atomic E-state index is 5.70. The summed E-state index contributed by atoms with van der Waals surface area (Å²) in [5.41, 5.74) is 0. The summed E-state index contributed by atoms with van der Waals surface area (Å²) < 4.78 is 0. The molecule has 0 amide bonds. The Morgan fingerprint density at radius 1 is 1.27 bits per heavy atom. The Labute approximate surface area is 94.7 Å². The van der Waals surface area contributed by atoms with Crippen LogP contribution >= 0.6 is 11.6 Å². The van der Waals surface area contributed by atoms with Crippen molar-refractivity contribution >= 4 is 17.4 Å². The maximum absolute atomic E-state index is 5.70. The van der Waals surface area contributed by atoms with Gasteiger partial charge in [-0.2, -0.15) is 0 Å². The second-order valence-corrected chi connectivity index (χ2v) is 4.46. The summed E-state index contributed by atoms with van der Waals surface area (Å²) in [5.74, 6) is 0.902. The summed E-state index contributed by atoms with van der Waals surface area (Å²) in [4.78, 5) is 10.6. The topological polar surface area (TPSA) is 41.1 Å². The summed E-state index contributed by atoms with van der Waals surface area (Å²) in [7, 11) is 0. The van der Waals surface area contributed by atoms with Gasteiger partial charge in [-0.3, -0.25) is 0 Å². The lowest BCUT2D eigenvalue weighted by atomic mass is 10.1. The van der Waals surface area contributed by atoms with Gasteiger partial charge in [0.2, 0.25) is 0 Å². The van der Waals surface area contributed by atoms with Crippen LogP contribution in [0, 0.1) is 0 Å². The summed E-state index contributed by atoms with van der Waals surface area (Å²) in [6.45, 7) is 6.26. The zero-order valence-electron chi connectivity index (χ0n) is 8.94. The summed E-state index contributed by atoms with van der Waals surface area (Å²) >= 11 is 5.70. The Hall–Kier alpha value is -0.870. The quantitative estimate of drug-likeness (QED) is 0.784. The van der Waals surface area contributed by atoms with E-state index in [1.54, 1.807) is 12.4 Å². The zero-order valence-corrected chi connectivity index (χ0v) is 9.70. The average Bonchev–Trinajstić information content (AvgIpc) is 2.17. The molecular weight excluding hydrogens is 212 g/mol. The molecule has 1 aliphatic rings. The first kappa shape index (κ1) is 10.6. The van der Waals surface area contributed by atoms with Gasteiger partial charge in [-0.25, -0.2) is 9.97 Å². The predicted octanol–water partition coefficient (Wildman–Crippen LogP) is 1.32. The number of hydrogen-bond donors (Lipinski definition) is 1. The van der Waals surface area contributed by atoms with Crippen molar-refractivity contribution < 1.29 is 0 Å². The molecule has 1 saturated heterocycles. The van der Waals surface area contributed by atoms with E-state index >= 15 is 0 Å². The molecule has 82 valence electrons. The van der Waals surface area contributed by atoms with Crippen LogP contribution in [0.25, 0.3) is 0 Å². The third-order valence-corrected chi connectivity index (χ3v) is 2.68. The largest absolute Gasteiger partial charge is 0.352 e.